The summed E-state index contributed by atoms with van der Waals surface area (Å²) in [5, 5.41) is 2.89. The van der Waals surface area contributed by atoms with E-state index in [0.717, 1.165) is 12.2 Å². The van der Waals surface area contributed by atoms with Gasteiger partial charge in [0.2, 0.25) is 5.91 Å². The average Bonchev–Trinajstić information content (AvgIpc) is 3.15. The van der Waals surface area contributed by atoms with Crippen LogP contribution in [0.1, 0.15) is 6.42 Å². The molecule has 3 rings (SSSR count). The molecule has 1 fully saturated rings. The average molecular weight is 301 g/mol. The fourth-order valence-corrected chi connectivity index (χ4v) is 3.54. The molecule has 4 atom stereocenters. The van der Waals surface area contributed by atoms with Crippen LogP contribution >= 0.6 is 0 Å². The first kappa shape index (κ1) is 14.6. The van der Waals surface area contributed by atoms with Gasteiger partial charge in [0.15, 0.2) is 0 Å². The van der Waals surface area contributed by atoms with Crippen molar-refractivity contribution < 1.29 is 19.1 Å². The molecule has 0 aliphatic heterocycles. The van der Waals surface area contributed by atoms with Crippen LogP contribution in [0.2, 0.25) is 0 Å². The molecule has 1 N–H and O–H groups in total. The summed E-state index contributed by atoms with van der Waals surface area (Å²) in [7, 11) is 2.96. The molecule has 0 radical (unpaired) electrons. The molecule has 1 aromatic carbocycles. The Balaban J connectivity index is 1.75. The summed E-state index contributed by atoms with van der Waals surface area (Å²) < 4.78 is 9.97. The van der Waals surface area contributed by atoms with Crippen molar-refractivity contribution in [2.24, 2.45) is 23.7 Å². The first-order valence-corrected chi connectivity index (χ1v) is 7.35. The summed E-state index contributed by atoms with van der Waals surface area (Å²) in [6.45, 7) is 0. The van der Waals surface area contributed by atoms with Crippen LogP contribution in [0, 0.1) is 23.7 Å². The van der Waals surface area contributed by atoms with Crippen LogP contribution in [0.5, 0.6) is 5.75 Å². The Hall–Kier alpha value is -2.30. The number of benzene rings is 1. The minimum Gasteiger partial charge on any atom is -0.497 e. The van der Waals surface area contributed by atoms with Gasteiger partial charge >= 0.3 is 5.97 Å². The van der Waals surface area contributed by atoms with E-state index in [1.54, 1.807) is 31.4 Å². The standard InChI is InChI=1S/C17H19NO4/c1-21-13-7-5-12(6-8-13)18-16(19)14-10-3-4-11(9-10)15(14)17(20)22-2/h3-8,10-11,14-15H,9H2,1-2H3,(H,18,19)/t10-,11+,14-,15+/m1/s1. The molecule has 0 heterocycles. The van der Waals surface area contributed by atoms with Gasteiger partial charge < -0.3 is 14.8 Å². The number of carbonyl (C=O) groups is 2. The van der Waals surface area contributed by atoms with Crippen molar-refractivity contribution in [1.82, 2.24) is 0 Å². The number of fused-ring (bicyclic) bond motifs is 2. The quantitative estimate of drug-likeness (QED) is 0.684. The smallest absolute Gasteiger partial charge is 0.310 e. The minimum atomic E-state index is -0.377. The predicted molar refractivity (Wildman–Crippen MR) is 81.4 cm³/mol. The summed E-state index contributed by atoms with van der Waals surface area (Å²) in [6, 6.07) is 7.14. The third-order valence-electron chi connectivity index (χ3n) is 4.59. The molecular formula is C17H19NO4. The summed E-state index contributed by atoms with van der Waals surface area (Å²) >= 11 is 0. The van der Waals surface area contributed by atoms with Crippen LogP contribution in [0.25, 0.3) is 0 Å². The van der Waals surface area contributed by atoms with E-state index in [1.165, 1.54) is 7.11 Å². The second kappa shape index (κ2) is 5.83. The van der Waals surface area contributed by atoms with Crippen LogP contribution < -0.4 is 10.1 Å². The van der Waals surface area contributed by atoms with Crippen LogP contribution in [-0.4, -0.2) is 26.1 Å². The largest absolute Gasteiger partial charge is 0.497 e. The number of rotatable bonds is 4. The molecule has 1 aromatic rings. The third-order valence-corrected chi connectivity index (χ3v) is 4.59. The zero-order chi connectivity index (χ0) is 15.7. The number of anilines is 1. The van der Waals surface area contributed by atoms with E-state index in [1.807, 2.05) is 12.2 Å². The van der Waals surface area contributed by atoms with E-state index in [-0.39, 0.29) is 35.5 Å². The van der Waals surface area contributed by atoms with Gasteiger partial charge in [-0.15, -0.1) is 0 Å². The van der Waals surface area contributed by atoms with Crippen LogP contribution in [0.15, 0.2) is 36.4 Å². The Labute approximate surface area is 129 Å². The van der Waals surface area contributed by atoms with Gasteiger partial charge in [0, 0.05) is 5.69 Å². The Bertz CT molecular complexity index is 608. The number of hydrogen-bond acceptors (Lipinski definition) is 4. The predicted octanol–water partition coefficient (Wildman–Crippen LogP) is 2.25. The molecule has 0 saturated heterocycles. The number of allylic oxidation sites excluding steroid dienone is 2. The molecule has 2 aliphatic carbocycles. The van der Waals surface area contributed by atoms with E-state index >= 15 is 0 Å². The number of hydrogen-bond donors (Lipinski definition) is 1. The monoisotopic (exact) mass is 301 g/mol. The van der Waals surface area contributed by atoms with Crippen molar-refractivity contribution in [1.29, 1.82) is 0 Å². The van der Waals surface area contributed by atoms with Crippen molar-refractivity contribution in [3.8, 4) is 5.75 Å². The van der Waals surface area contributed by atoms with Gasteiger partial charge in [-0.05, 0) is 42.5 Å². The maximum Gasteiger partial charge on any atom is 0.310 e. The molecule has 2 bridgehead atoms. The SMILES string of the molecule is COC(=O)[C@@H]1[C@H](C(=O)Nc2ccc(OC)cc2)[C@@H]2C=C[C@H]1C2. The van der Waals surface area contributed by atoms with Gasteiger partial charge in [-0.25, -0.2) is 0 Å². The molecule has 0 aromatic heterocycles. The van der Waals surface area contributed by atoms with Gasteiger partial charge in [-0.1, -0.05) is 12.2 Å². The third kappa shape index (κ3) is 2.47. The zero-order valence-electron chi connectivity index (χ0n) is 12.6. The van der Waals surface area contributed by atoms with E-state index in [2.05, 4.69) is 5.32 Å². The Morgan fingerprint density at radius 2 is 1.68 bits per heavy atom. The normalized spacial score (nSPS) is 28.5. The van der Waals surface area contributed by atoms with Gasteiger partial charge in [0.05, 0.1) is 26.1 Å². The van der Waals surface area contributed by atoms with Gasteiger partial charge in [-0.3, -0.25) is 9.59 Å². The fraction of sp³-hybridized carbons (Fsp3) is 0.412. The van der Waals surface area contributed by atoms with Gasteiger partial charge in [0.1, 0.15) is 5.75 Å². The summed E-state index contributed by atoms with van der Waals surface area (Å²) in [5.74, 6) is -0.198. The lowest BCUT2D eigenvalue weighted by atomic mass is 9.82. The second-order valence-corrected chi connectivity index (χ2v) is 5.74. The molecule has 2 aliphatic rings. The first-order valence-electron chi connectivity index (χ1n) is 7.35. The Morgan fingerprint density at radius 1 is 1.05 bits per heavy atom. The highest BCUT2D eigenvalue weighted by atomic mass is 16.5. The molecule has 5 heteroatoms. The number of ether oxygens (including phenoxy) is 2. The van der Waals surface area contributed by atoms with Gasteiger partial charge in [0.25, 0.3) is 0 Å². The fourth-order valence-electron chi connectivity index (χ4n) is 3.54. The van der Waals surface area contributed by atoms with E-state index in [0.29, 0.717) is 5.69 Å². The lowest BCUT2D eigenvalue weighted by Crippen LogP contribution is -2.37. The number of carbonyl (C=O) groups excluding carboxylic acids is 2. The molecule has 0 spiro atoms. The highest BCUT2D eigenvalue weighted by molar-refractivity contribution is 5.96. The van der Waals surface area contributed by atoms with Crippen molar-refractivity contribution in [3.05, 3.63) is 36.4 Å². The number of nitrogens with one attached hydrogen (secondary N) is 1. The summed E-state index contributed by atoms with van der Waals surface area (Å²) in [4.78, 5) is 24.6. The van der Waals surface area contributed by atoms with E-state index in [9.17, 15) is 9.59 Å². The van der Waals surface area contributed by atoms with Gasteiger partial charge in [-0.2, -0.15) is 0 Å². The van der Waals surface area contributed by atoms with E-state index in [4.69, 9.17) is 9.47 Å². The van der Waals surface area contributed by atoms with Crippen molar-refractivity contribution in [2.45, 2.75) is 6.42 Å². The first-order chi connectivity index (χ1) is 10.6. The number of methoxy groups -OCH3 is 2. The van der Waals surface area contributed by atoms with Crippen molar-refractivity contribution >= 4 is 17.6 Å². The second-order valence-electron chi connectivity index (χ2n) is 5.74. The number of esters is 1. The molecule has 22 heavy (non-hydrogen) atoms. The van der Waals surface area contributed by atoms with Crippen molar-refractivity contribution in [2.75, 3.05) is 19.5 Å². The highest BCUT2D eigenvalue weighted by Crippen LogP contribution is 2.48. The lowest BCUT2D eigenvalue weighted by molar-refractivity contribution is -0.150. The topological polar surface area (TPSA) is 64.6 Å². The maximum atomic E-state index is 12.6. The zero-order valence-corrected chi connectivity index (χ0v) is 12.6. The van der Waals surface area contributed by atoms with Crippen LogP contribution in [0.3, 0.4) is 0 Å². The van der Waals surface area contributed by atoms with Crippen molar-refractivity contribution in [3.63, 3.8) is 0 Å². The summed E-state index contributed by atoms with van der Waals surface area (Å²) in [6.07, 6.45) is 4.92. The molecule has 0 unspecified atom stereocenters. The number of amides is 1. The summed E-state index contributed by atoms with van der Waals surface area (Å²) in [5.41, 5.74) is 0.696. The van der Waals surface area contributed by atoms with Crippen LogP contribution in [0.4, 0.5) is 5.69 Å². The lowest BCUT2D eigenvalue weighted by Gasteiger charge is -2.25. The van der Waals surface area contributed by atoms with E-state index < -0.39 is 0 Å². The molecular weight excluding hydrogens is 282 g/mol. The molecule has 1 saturated carbocycles. The Morgan fingerprint density at radius 3 is 2.27 bits per heavy atom. The molecule has 1 amide bonds. The minimum absolute atomic E-state index is 0.115. The molecule has 116 valence electrons. The maximum absolute atomic E-state index is 12.6. The van der Waals surface area contributed by atoms with Crippen LogP contribution in [-0.2, 0) is 14.3 Å². The molecule has 5 nitrogen and oxygen atoms in total. The Kier molecular flexibility index (Phi) is 3.88. The highest BCUT2D eigenvalue weighted by Gasteiger charge is 2.52.